The van der Waals surface area contributed by atoms with E-state index in [1.807, 2.05) is 41.1 Å². The van der Waals surface area contributed by atoms with Crippen molar-refractivity contribution in [3.63, 3.8) is 0 Å². The average Bonchev–Trinajstić information content (AvgIpc) is 3.45. The fraction of sp³-hybridized carbons (Fsp3) is 0.208. The Morgan fingerprint density at radius 3 is 2.88 bits per heavy atom. The Bertz CT molecular complexity index is 1370. The Labute approximate surface area is 188 Å². The smallest absolute Gasteiger partial charge is 0.264 e. The summed E-state index contributed by atoms with van der Waals surface area (Å²) in [6.07, 6.45) is 7.33. The van der Waals surface area contributed by atoms with Crippen LogP contribution >= 0.6 is 11.3 Å². The van der Waals surface area contributed by atoms with Crippen molar-refractivity contribution >= 4 is 22.9 Å². The summed E-state index contributed by atoms with van der Waals surface area (Å²) < 4.78 is 16.3. The van der Waals surface area contributed by atoms with E-state index in [0.717, 1.165) is 34.5 Å². The highest BCUT2D eigenvalue weighted by molar-refractivity contribution is 7.18. The quantitative estimate of drug-likeness (QED) is 0.509. The number of nitrogens with zero attached hydrogens (tertiary/aromatic N) is 4. The van der Waals surface area contributed by atoms with Gasteiger partial charge < -0.3 is 15.0 Å². The molecule has 4 heterocycles. The Morgan fingerprint density at radius 1 is 1.25 bits per heavy atom. The Balaban J connectivity index is 1.62. The molecule has 4 aromatic rings. The summed E-state index contributed by atoms with van der Waals surface area (Å²) in [5, 5.41) is 9.08. The summed E-state index contributed by atoms with van der Waals surface area (Å²) in [5.74, 6) is -0.641. The van der Waals surface area contributed by atoms with Gasteiger partial charge in [0.2, 0.25) is 0 Å². The molecule has 1 aromatic carbocycles. The molecule has 1 atom stereocenters. The number of fused-ring (bicyclic) bond motifs is 1. The van der Waals surface area contributed by atoms with Gasteiger partial charge in [0.25, 0.3) is 5.91 Å². The fourth-order valence-corrected chi connectivity index (χ4v) is 5.24. The topological polar surface area (TPSA) is 87.4 Å². The molecule has 1 amide bonds. The third-order valence-corrected chi connectivity index (χ3v) is 6.91. The number of likely N-dealkylation sites (tertiary alicyclic amines) is 1. The van der Waals surface area contributed by atoms with Gasteiger partial charge >= 0.3 is 0 Å². The van der Waals surface area contributed by atoms with Crippen molar-refractivity contribution in [2.45, 2.75) is 18.9 Å². The van der Waals surface area contributed by atoms with Crippen molar-refractivity contribution in [3.05, 3.63) is 71.2 Å². The molecule has 32 heavy (non-hydrogen) atoms. The zero-order valence-corrected chi connectivity index (χ0v) is 18.0. The minimum Gasteiger partial charge on any atom is -0.336 e. The lowest BCUT2D eigenvalue weighted by atomic mass is 10.0. The number of piperidine rings is 1. The molecule has 5 rings (SSSR count). The Hall–Kier alpha value is -3.54. The van der Waals surface area contributed by atoms with Crippen LogP contribution in [-0.2, 0) is 0 Å². The second kappa shape index (κ2) is 8.19. The van der Waals surface area contributed by atoms with Crippen LogP contribution in [-0.4, -0.2) is 39.3 Å². The fourth-order valence-electron chi connectivity index (χ4n) is 4.10. The van der Waals surface area contributed by atoms with E-state index in [1.54, 1.807) is 17.2 Å². The van der Waals surface area contributed by atoms with Crippen LogP contribution in [0.1, 0.15) is 28.1 Å². The molecular formula is C24H20FN5OS. The van der Waals surface area contributed by atoms with Crippen LogP contribution in [0.5, 0.6) is 0 Å². The highest BCUT2D eigenvalue weighted by Gasteiger charge is 2.26. The summed E-state index contributed by atoms with van der Waals surface area (Å²) in [6, 6.07) is 12.1. The second-order valence-corrected chi connectivity index (χ2v) is 8.98. The molecule has 8 heteroatoms. The van der Waals surface area contributed by atoms with E-state index < -0.39 is 5.82 Å². The van der Waals surface area contributed by atoms with Crippen LogP contribution in [0.25, 0.3) is 27.2 Å². The molecule has 3 aromatic heterocycles. The number of nitriles is 1. The van der Waals surface area contributed by atoms with Gasteiger partial charge in [0.05, 0.1) is 10.4 Å². The van der Waals surface area contributed by atoms with Crippen LogP contribution < -0.4 is 5.73 Å². The summed E-state index contributed by atoms with van der Waals surface area (Å²) >= 11 is 1.38. The number of carbonyl (C=O) groups is 1. The Kier molecular flexibility index (Phi) is 5.21. The first-order valence-electron chi connectivity index (χ1n) is 10.4. The maximum atomic E-state index is 14.4. The number of benzene rings is 1. The van der Waals surface area contributed by atoms with Crippen molar-refractivity contribution in [2.75, 3.05) is 13.1 Å². The predicted octanol–water partition coefficient (Wildman–Crippen LogP) is 4.30. The minimum atomic E-state index is -0.581. The average molecular weight is 446 g/mol. The van der Waals surface area contributed by atoms with Gasteiger partial charge in [-0.15, -0.1) is 11.3 Å². The number of hydrogen-bond acceptors (Lipinski definition) is 5. The van der Waals surface area contributed by atoms with E-state index in [1.165, 1.54) is 23.5 Å². The van der Waals surface area contributed by atoms with E-state index in [2.05, 4.69) is 4.98 Å². The normalized spacial score (nSPS) is 16.3. The molecule has 6 nitrogen and oxygen atoms in total. The van der Waals surface area contributed by atoms with E-state index in [4.69, 9.17) is 11.0 Å². The van der Waals surface area contributed by atoms with Crippen LogP contribution in [0.15, 0.2) is 55.0 Å². The summed E-state index contributed by atoms with van der Waals surface area (Å²) in [4.78, 5) is 20.8. The van der Waals surface area contributed by atoms with Crippen molar-refractivity contribution in [1.29, 1.82) is 5.26 Å². The molecule has 1 aliphatic heterocycles. The monoisotopic (exact) mass is 445 g/mol. The summed E-state index contributed by atoms with van der Waals surface area (Å²) in [5.41, 5.74) is 9.15. The molecule has 1 aliphatic rings. The van der Waals surface area contributed by atoms with E-state index in [0.29, 0.717) is 23.5 Å². The van der Waals surface area contributed by atoms with E-state index >= 15 is 0 Å². The maximum Gasteiger partial charge on any atom is 0.264 e. The first-order chi connectivity index (χ1) is 15.5. The zero-order chi connectivity index (χ0) is 22.2. The van der Waals surface area contributed by atoms with E-state index in [-0.39, 0.29) is 17.5 Å². The van der Waals surface area contributed by atoms with Crippen LogP contribution in [0.4, 0.5) is 4.39 Å². The van der Waals surface area contributed by atoms with Gasteiger partial charge in [-0.2, -0.15) is 5.26 Å². The number of thiophene rings is 1. The van der Waals surface area contributed by atoms with Crippen molar-refractivity contribution in [3.8, 4) is 27.6 Å². The SMILES string of the molecule is N#Cc1ccc(-c2cc(C(=O)N3CCCC(N)C3)sc2-c2ccc3nccn3c2)cc1F. The molecule has 0 radical (unpaired) electrons. The number of aromatic nitrogens is 2. The summed E-state index contributed by atoms with van der Waals surface area (Å²) in [7, 11) is 0. The number of hydrogen-bond donors (Lipinski definition) is 1. The minimum absolute atomic E-state index is 0.0102. The van der Waals surface area contributed by atoms with Crippen LogP contribution in [0.3, 0.4) is 0 Å². The molecular weight excluding hydrogens is 425 g/mol. The van der Waals surface area contributed by atoms with E-state index in [9.17, 15) is 9.18 Å². The van der Waals surface area contributed by atoms with Crippen LogP contribution in [0, 0.1) is 17.1 Å². The highest BCUT2D eigenvalue weighted by atomic mass is 32.1. The van der Waals surface area contributed by atoms with Gasteiger partial charge in [0.15, 0.2) is 0 Å². The van der Waals surface area contributed by atoms with Crippen LogP contribution in [0.2, 0.25) is 0 Å². The molecule has 1 saturated heterocycles. The highest BCUT2D eigenvalue weighted by Crippen LogP contribution is 2.40. The van der Waals surface area contributed by atoms with Gasteiger partial charge in [0.1, 0.15) is 17.5 Å². The number of halogens is 1. The largest absolute Gasteiger partial charge is 0.336 e. The first-order valence-corrected chi connectivity index (χ1v) is 11.2. The molecule has 160 valence electrons. The summed E-state index contributed by atoms with van der Waals surface area (Å²) in [6.45, 7) is 1.22. The number of pyridine rings is 1. The van der Waals surface area contributed by atoms with Gasteiger partial charge in [-0.3, -0.25) is 4.79 Å². The molecule has 2 N–H and O–H groups in total. The molecule has 0 spiro atoms. The molecule has 1 unspecified atom stereocenters. The number of carbonyl (C=O) groups excluding carboxylic acids is 1. The van der Waals surface area contributed by atoms with Gasteiger partial charge in [-0.25, -0.2) is 9.37 Å². The number of amides is 1. The van der Waals surface area contributed by atoms with Gasteiger partial charge in [-0.05, 0) is 48.7 Å². The van der Waals surface area contributed by atoms with Crippen molar-refractivity contribution in [1.82, 2.24) is 14.3 Å². The predicted molar refractivity (Wildman–Crippen MR) is 122 cm³/mol. The maximum absolute atomic E-state index is 14.4. The first kappa shape index (κ1) is 20.4. The number of nitrogens with two attached hydrogens (primary N) is 1. The lowest BCUT2D eigenvalue weighted by molar-refractivity contribution is 0.0714. The standard InChI is InChI=1S/C24H20FN5OS/c25-20-10-15(3-4-16(20)12-26)19-11-21(24(31)30-8-1-2-18(27)14-30)32-23(19)17-5-6-22-28-7-9-29(22)13-17/h3-7,9-11,13,18H,1-2,8,14,27H2. The third kappa shape index (κ3) is 3.66. The van der Waals surface area contributed by atoms with Crippen molar-refractivity contribution in [2.24, 2.45) is 5.73 Å². The number of imidazole rings is 1. The lowest BCUT2D eigenvalue weighted by Crippen LogP contribution is -2.45. The third-order valence-electron chi connectivity index (χ3n) is 5.74. The molecule has 0 bridgehead atoms. The lowest BCUT2D eigenvalue weighted by Gasteiger charge is -2.30. The van der Waals surface area contributed by atoms with Gasteiger partial charge in [0, 0.05) is 53.7 Å². The van der Waals surface area contributed by atoms with Crippen molar-refractivity contribution < 1.29 is 9.18 Å². The Morgan fingerprint density at radius 2 is 2.09 bits per heavy atom. The second-order valence-electron chi connectivity index (χ2n) is 7.92. The molecule has 0 aliphatic carbocycles. The van der Waals surface area contributed by atoms with Gasteiger partial charge in [-0.1, -0.05) is 6.07 Å². The molecule has 1 fully saturated rings. The molecule has 0 saturated carbocycles. The zero-order valence-electron chi connectivity index (χ0n) is 17.2. The number of rotatable bonds is 3.